The maximum Gasteiger partial charge on any atom is 0.424 e. The predicted molar refractivity (Wildman–Crippen MR) is 277 cm³/mol. The number of unbranched alkanes of at least 4 members (excludes halogenated alkanes) is 10. The number of imide groups is 6. The van der Waals surface area contributed by atoms with Gasteiger partial charge < -0.3 is 39.3 Å². The van der Waals surface area contributed by atoms with E-state index in [2.05, 4.69) is 15.9 Å². The average molecular weight is 1090 g/mol. The zero-order chi connectivity index (χ0) is 54.0. The number of aromatic hydroxyl groups is 1. The number of amides is 8. The maximum absolute atomic E-state index is 13.3. The van der Waals surface area contributed by atoms with Gasteiger partial charge in [0, 0.05) is 68.7 Å². The first-order chi connectivity index (χ1) is 34.5. The molecule has 2 unspecified atom stereocenters. The van der Waals surface area contributed by atoms with E-state index in [1.54, 1.807) is 77.9 Å². The summed E-state index contributed by atoms with van der Waals surface area (Å²) < 4.78 is 16.3. The number of piperidine rings is 2. The van der Waals surface area contributed by atoms with Crippen molar-refractivity contribution in [1.82, 2.24) is 9.80 Å². The summed E-state index contributed by atoms with van der Waals surface area (Å²) in [5.41, 5.74) is -2.80. The zero-order valence-electron chi connectivity index (χ0n) is 43.6. The molecule has 0 radical (unpaired) electrons. The Balaban J connectivity index is 0.000000274. The Hall–Kier alpha value is -5.40. The summed E-state index contributed by atoms with van der Waals surface area (Å²) in [4.78, 5) is 106. The van der Waals surface area contributed by atoms with Crippen LogP contribution >= 0.6 is 15.9 Å². The van der Waals surface area contributed by atoms with E-state index < -0.39 is 57.8 Å². The van der Waals surface area contributed by atoms with Gasteiger partial charge in [-0.05, 0) is 129 Å². The van der Waals surface area contributed by atoms with E-state index in [0.29, 0.717) is 40.1 Å². The van der Waals surface area contributed by atoms with E-state index in [0.717, 1.165) is 50.3 Å². The number of alkyl halides is 1. The number of ether oxygens (including phenoxy) is 3. The Bertz CT molecular complexity index is 2200. The van der Waals surface area contributed by atoms with Gasteiger partial charge in [-0.15, -0.1) is 0 Å². The highest BCUT2D eigenvalue weighted by molar-refractivity contribution is 9.09. The molecule has 6 rings (SSSR count). The van der Waals surface area contributed by atoms with Crippen molar-refractivity contribution >= 4 is 74.9 Å². The molecular formula is C54H77BrN4O14. The molecule has 4 heterocycles. The minimum Gasteiger partial charge on any atom is -0.508 e. The van der Waals surface area contributed by atoms with Crippen LogP contribution in [0, 0.1) is 10.8 Å². The second-order valence-electron chi connectivity index (χ2n) is 21.1. The SMILES string of the molecule is CC(C)(C)OC(=O)N1C(=O)CCC2(CC(=O)N(c3ccc(O)cc3)C2)C1=O.CC(C)(C)OC(=O)N1C(=O)CCC2(CC(=O)N(c3ccc(OCCCCCCCCO)cc3)C2)C1=O.OCCCCCCCCBr. The molecule has 8 amide bonds. The lowest BCUT2D eigenvalue weighted by Gasteiger charge is -2.36. The van der Waals surface area contributed by atoms with Crippen LogP contribution in [-0.4, -0.2) is 122 Å². The monoisotopic (exact) mass is 1080 g/mol. The molecule has 2 atom stereocenters. The van der Waals surface area contributed by atoms with Gasteiger partial charge in [-0.2, -0.15) is 9.80 Å². The molecule has 73 heavy (non-hydrogen) atoms. The molecule has 2 spiro atoms. The second-order valence-corrected chi connectivity index (χ2v) is 21.9. The van der Waals surface area contributed by atoms with Gasteiger partial charge in [-0.1, -0.05) is 67.3 Å². The van der Waals surface area contributed by atoms with Crippen LogP contribution in [0.2, 0.25) is 0 Å². The Morgan fingerprint density at radius 2 is 0.918 bits per heavy atom. The van der Waals surface area contributed by atoms with E-state index in [1.807, 2.05) is 0 Å². The van der Waals surface area contributed by atoms with Crippen molar-refractivity contribution in [3.05, 3.63) is 48.5 Å². The number of phenols is 1. The van der Waals surface area contributed by atoms with Crippen LogP contribution < -0.4 is 14.5 Å². The lowest BCUT2D eigenvalue weighted by Crippen LogP contribution is -2.55. The number of rotatable bonds is 18. The fraction of sp³-hybridized carbons (Fsp3) is 0.630. The van der Waals surface area contributed by atoms with Gasteiger partial charge in [0.05, 0.1) is 17.4 Å². The first kappa shape index (κ1) is 60.2. The van der Waals surface area contributed by atoms with Gasteiger partial charge in [0.15, 0.2) is 0 Å². The highest BCUT2D eigenvalue weighted by atomic mass is 79.9. The van der Waals surface area contributed by atoms with Crippen LogP contribution in [0.5, 0.6) is 11.5 Å². The molecule has 3 N–H and O–H groups in total. The Morgan fingerprint density at radius 1 is 0.548 bits per heavy atom. The van der Waals surface area contributed by atoms with Crippen molar-refractivity contribution < 1.29 is 67.9 Å². The highest BCUT2D eigenvalue weighted by Crippen LogP contribution is 2.45. The normalized spacial score (nSPS) is 20.1. The smallest absolute Gasteiger partial charge is 0.424 e. The van der Waals surface area contributed by atoms with Crippen molar-refractivity contribution in [3.63, 3.8) is 0 Å². The van der Waals surface area contributed by atoms with E-state index >= 15 is 0 Å². The van der Waals surface area contributed by atoms with Gasteiger partial charge in [0.2, 0.25) is 35.4 Å². The molecule has 4 aliphatic heterocycles. The first-order valence-corrected chi connectivity index (χ1v) is 26.7. The summed E-state index contributed by atoms with van der Waals surface area (Å²) in [7, 11) is 0. The number of anilines is 2. The molecule has 404 valence electrons. The number of aliphatic hydroxyl groups is 2. The fourth-order valence-electron chi connectivity index (χ4n) is 8.95. The van der Waals surface area contributed by atoms with E-state index in [4.69, 9.17) is 24.4 Å². The summed E-state index contributed by atoms with van der Waals surface area (Å²) in [6, 6.07) is 13.2. The quantitative estimate of drug-likeness (QED) is 0.0717. The lowest BCUT2D eigenvalue weighted by atomic mass is 9.78. The number of carbonyl (C=O) groups excluding carboxylic acids is 8. The summed E-state index contributed by atoms with van der Waals surface area (Å²) in [6.45, 7) is 11.3. The Morgan fingerprint density at radius 3 is 1.30 bits per heavy atom. The third kappa shape index (κ3) is 17.6. The summed E-state index contributed by atoms with van der Waals surface area (Å²) in [5, 5.41) is 27.8. The molecule has 4 aliphatic rings. The van der Waals surface area contributed by atoms with E-state index in [9.17, 15) is 43.5 Å². The second kappa shape index (κ2) is 27.8. The number of halogens is 1. The van der Waals surface area contributed by atoms with Crippen molar-refractivity contribution in [3.8, 4) is 11.5 Å². The number of aliphatic hydroxyl groups excluding tert-OH is 2. The van der Waals surface area contributed by atoms with Crippen LogP contribution in [0.15, 0.2) is 48.5 Å². The standard InChI is InChI=1S/C27H38N2O7.C19H22N2O6.C8H17BrO/c1-26(2,3)36-25(34)29-22(31)14-15-27(24(29)33)18-23(32)28(19-27)20-10-12-21(13-11-20)35-17-9-7-5-4-6-8-16-30;1-18(2,3)27-17(26)21-14(23)8-9-19(16(21)25)10-15(24)20(11-19)12-4-6-13(22)7-5-12;9-7-5-3-1-2-4-6-8-10/h10-13,30H,4-9,14-19H2,1-3H3;4-7,22H,8-11H2,1-3H3;10H,1-8H2. The number of likely N-dealkylation sites (tertiary alicyclic amines) is 2. The number of phenolic OH excluding ortho intramolecular Hbond substituents is 1. The molecule has 0 bridgehead atoms. The minimum atomic E-state index is -1.14. The highest BCUT2D eigenvalue weighted by Gasteiger charge is 2.58. The molecule has 18 nitrogen and oxygen atoms in total. The first-order valence-electron chi connectivity index (χ1n) is 25.6. The summed E-state index contributed by atoms with van der Waals surface area (Å²) in [5.74, 6) is -2.30. The molecular weight excluding hydrogens is 1010 g/mol. The Labute approximate surface area is 438 Å². The third-order valence-corrected chi connectivity index (χ3v) is 13.3. The van der Waals surface area contributed by atoms with Gasteiger partial charge in [-0.3, -0.25) is 28.8 Å². The van der Waals surface area contributed by atoms with Crippen molar-refractivity contribution in [2.75, 3.05) is 48.0 Å². The molecule has 2 aromatic carbocycles. The van der Waals surface area contributed by atoms with Crippen molar-refractivity contribution in [2.45, 2.75) is 168 Å². The number of hydrogen-bond donors (Lipinski definition) is 3. The lowest BCUT2D eigenvalue weighted by molar-refractivity contribution is -0.157. The summed E-state index contributed by atoms with van der Waals surface area (Å²) in [6.07, 6.45) is 11.8. The maximum atomic E-state index is 13.3. The summed E-state index contributed by atoms with van der Waals surface area (Å²) >= 11 is 3.39. The Kier molecular flexibility index (Phi) is 22.9. The molecule has 4 saturated heterocycles. The fourth-order valence-corrected chi connectivity index (χ4v) is 9.35. The molecule has 4 fully saturated rings. The molecule has 0 aromatic heterocycles. The zero-order valence-corrected chi connectivity index (χ0v) is 45.2. The van der Waals surface area contributed by atoms with Crippen LogP contribution in [-0.2, 0) is 38.2 Å². The van der Waals surface area contributed by atoms with Crippen LogP contribution in [0.25, 0.3) is 0 Å². The average Bonchev–Trinajstić information content (AvgIpc) is 3.85. The third-order valence-electron chi connectivity index (χ3n) is 12.8. The van der Waals surface area contributed by atoms with Crippen LogP contribution in [0.3, 0.4) is 0 Å². The van der Waals surface area contributed by atoms with E-state index in [-0.39, 0.29) is 75.8 Å². The van der Waals surface area contributed by atoms with Gasteiger partial charge in [0.25, 0.3) is 0 Å². The minimum absolute atomic E-state index is 0.000313. The largest absolute Gasteiger partial charge is 0.508 e. The number of carbonyl (C=O) groups is 8. The van der Waals surface area contributed by atoms with Crippen molar-refractivity contribution in [2.24, 2.45) is 10.8 Å². The molecule has 2 aromatic rings. The van der Waals surface area contributed by atoms with Gasteiger partial charge in [-0.25, -0.2) is 9.59 Å². The molecule has 19 heteroatoms. The predicted octanol–water partition coefficient (Wildman–Crippen LogP) is 9.12. The van der Waals surface area contributed by atoms with Crippen molar-refractivity contribution in [1.29, 1.82) is 0 Å². The molecule has 0 saturated carbocycles. The van der Waals surface area contributed by atoms with E-state index in [1.165, 1.54) is 54.0 Å². The number of hydrogen-bond acceptors (Lipinski definition) is 14. The number of benzene rings is 2. The topological polar surface area (TPSA) is 238 Å². The number of nitrogens with zero attached hydrogens (tertiary/aromatic N) is 4. The van der Waals surface area contributed by atoms with Crippen LogP contribution in [0.4, 0.5) is 21.0 Å². The molecule has 0 aliphatic carbocycles. The van der Waals surface area contributed by atoms with Crippen LogP contribution in [0.1, 0.15) is 157 Å². The van der Waals surface area contributed by atoms with Gasteiger partial charge >= 0.3 is 12.2 Å². The van der Waals surface area contributed by atoms with Gasteiger partial charge in [0.1, 0.15) is 22.7 Å².